The quantitative estimate of drug-likeness (QED) is 0.281. The van der Waals surface area contributed by atoms with Gasteiger partial charge in [-0.05, 0) is 59.7 Å². The molecular formula is C30H17N3O. The van der Waals surface area contributed by atoms with Gasteiger partial charge in [-0.15, -0.1) is 0 Å². The van der Waals surface area contributed by atoms with E-state index < -0.39 is 0 Å². The Balaban J connectivity index is 1.57. The first-order chi connectivity index (χ1) is 16.8. The standard InChI is InChI=1S/C30H17N3O/c31-18-21-16-20(14-15-32-21)19-6-5-7-22(17-19)33-25-10-3-1-8-23(25)29-26(33)12-13-28-30(29)24-9-2-4-11-27(24)34-28/h1-17H. The third kappa shape index (κ3) is 2.61. The molecule has 4 heteroatoms. The predicted octanol–water partition coefficient (Wildman–Crippen LogP) is 7.62. The molecule has 3 heterocycles. The van der Waals surface area contributed by atoms with Crippen LogP contribution in [0.25, 0.3) is 60.6 Å². The van der Waals surface area contributed by atoms with Crippen molar-refractivity contribution in [2.45, 2.75) is 0 Å². The Morgan fingerprint density at radius 3 is 2.41 bits per heavy atom. The average Bonchev–Trinajstić information content (AvgIpc) is 3.44. The van der Waals surface area contributed by atoms with Crippen LogP contribution in [-0.2, 0) is 0 Å². The Bertz CT molecular complexity index is 1930. The van der Waals surface area contributed by atoms with E-state index in [9.17, 15) is 5.26 Å². The fourth-order valence-electron chi connectivity index (χ4n) is 5.05. The molecule has 0 saturated carbocycles. The second-order valence-electron chi connectivity index (χ2n) is 8.38. The highest BCUT2D eigenvalue weighted by molar-refractivity contribution is 6.27. The van der Waals surface area contributed by atoms with E-state index in [1.165, 1.54) is 10.8 Å². The van der Waals surface area contributed by atoms with Crippen LogP contribution in [0.2, 0.25) is 0 Å². The third-order valence-electron chi connectivity index (χ3n) is 6.49. The second kappa shape index (κ2) is 7.06. The van der Waals surface area contributed by atoms with E-state index in [0.717, 1.165) is 49.8 Å². The summed E-state index contributed by atoms with van der Waals surface area (Å²) in [7, 11) is 0. The highest BCUT2D eigenvalue weighted by Crippen LogP contribution is 2.41. The number of rotatable bonds is 2. The van der Waals surface area contributed by atoms with Crippen molar-refractivity contribution in [2.75, 3.05) is 0 Å². The number of aromatic nitrogens is 2. The molecule has 0 saturated heterocycles. The SMILES string of the molecule is N#Cc1cc(-c2cccc(-n3c4ccccc4c4c5c(ccc43)oc3ccccc35)c2)ccn1. The minimum absolute atomic E-state index is 0.411. The lowest BCUT2D eigenvalue weighted by molar-refractivity contribution is 0.669. The summed E-state index contributed by atoms with van der Waals surface area (Å²) in [4.78, 5) is 4.11. The zero-order chi connectivity index (χ0) is 22.6. The first-order valence-corrected chi connectivity index (χ1v) is 11.1. The van der Waals surface area contributed by atoms with Gasteiger partial charge in [-0.3, -0.25) is 0 Å². The van der Waals surface area contributed by atoms with Crippen LogP contribution in [0.15, 0.2) is 108 Å². The molecular weight excluding hydrogens is 418 g/mol. The number of pyridine rings is 1. The number of nitrogens with zero attached hydrogens (tertiary/aromatic N) is 3. The lowest BCUT2D eigenvalue weighted by Crippen LogP contribution is -1.94. The maximum absolute atomic E-state index is 9.27. The maximum atomic E-state index is 9.27. The first-order valence-electron chi connectivity index (χ1n) is 11.1. The van der Waals surface area contributed by atoms with E-state index in [-0.39, 0.29) is 0 Å². The van der Waals surface area contributed by atoms with Crippen molar-refractivity contribution in [1.29, 1.82) is 5.26 Å². The molecule has 34 heavy (non-hydrogen) atoms. The van der Waals surface area contributed by atoms with Crippen molar-refractivity contribution >= 4 is 43.7 Å². The van der Waals surface area contributed by atoms with Crippen LogP contribution >= 0.6 is 0 Å². The van der Waals surface area contributed by atoms with Crippen LogP contribution in [0.1, 0.15) is 5.69 Å². The van der Waals surface area contributed by atoms with Crippen LogP contribution in [0.4, 0.5) is 0 Å². The largest absolute Gasteiger partial charge is 0.456 e. The van der Waals surface area contributed by atoms with E-state index in [1.54, 1.807) is 6.20 Å². The molecule has 7 rings (SSSR count). The van der Waals surface area contributed by atoms with Gasteiger partial charge in [0.15, 0.2) is 0 Å². The summed E-state index contributed by atoms with van der Waals surface area (Å²) in [5.41, 5.74) is 7.54. The first kappa shape index (κ1) is 18.7. The Morgan fingerprint density at radius 2 is 1.50 bits per heavy atom. The van der Waals surface area contributed by atoms with Crippen molar-refractivity contribution in [1.82, 2.24) is 9.55 Å². The molecule has 0 aliphatic rings. The number of para-hydroxylation sites is 2. The van der Waals surface area contributed by atoms with E-state index in [4.69, 9.17) is 4.42 Å². The number of hydrogen-bond acceptors (Lipinski definition) is 3. The minimum Gasteiger partial charge on any atom is -0.456 e. The molecule has 0 aliphatic heterocycles. The second-order valence-corrected chi connectivity index (χ2v) is 8.38. The zero-order valence-corrected chi connectivity index (χ0v) is 18.1. The normalized spacial score (nSPS) is 11.5. The van der Waals surface area contributed by atoms with Gasteiger partial charge in [0.1, 0.15) is 22.9 Å². The number of hydrogen-bond donors (Lipinski definition) is 0. The summed E-state index contributed by atoms with van der Waals surface area (Å²) in [6.45, 7) is 0. The lowest BCUT2D eigenvalue weighted by Gasteiger charge is -2.10. The third-order valence-corrected chi connectivity index (χ3v) is 6.49. The van der Waals surface area contributed by atoms with Crippen molar-refractivity contribution < 1.29 is 4.42 Å². The van der Waals surface area contributed by atoms with Crippen molar-refractivity contribution in [2.24, 2.45) is 0 Å². The van der Waals surface area contributed by atoms with E-state index in [0.29, 0.717) is 5.69 Å². The molecule has 4 nitrogen and oxygen atoms in total. The fraction of sp³-hybridized carbons (Fsp3) is 0. The molecule has 4 aromatic carbocycles. The smallest absolute Gasteiger partial charge is 0.141 e. The Labute approximate surface area is 194 Å². The number of furan rings is 1. The molecule has 0 atom stereocenters. The summed E-state index contributed by atoms with van der Waals surface area (Å²) in [6.07, 6.45) is 1.68. The van der Waals surface area contributed by atoms with Crippen molar-refractivity contribution in [3.8, 4) is 22.9 Å². The van der Waals surface area contributed by atoms with Gasteiger partial charge in [0.05, 0.1) is 11.0 Å². The average molecular weight is 435 g/mol. The summed E-state index contributed by atoms with van der Waals surface area (Å²) in [5.74, 6) is 0. The Hall–Kier alpha value is -4.88. The molecule has 0 unspecified atom stereocenters. The van der Waals surface area contributed by atoms with Crippen molar-refractivity contribution in [3.05, 3.63) is 109 Å². The van der Waals surface area contributed by atoms with Crippen LogP contribution in [0.5, 0.6) is 0 Å². The molecule has 0 fully saturated rings. The van der Waals surface area contributed by atoms with Crippen molar-refractivity contribution in [3.63, 3.8) is 0 Å². The van der Waals surface area contributed by atoms with E-state index >= 15 is 0 Å². The van der Waals surface area contributed by atoms with Gasteiger partial charge in [-0.2, -0.15) is 5.26 Å². The topological polar surface area (TPSA) is 54.8 Å². The Morgan fingerprint density at radius 1 is 0.676 bits per heavy atom. The molecule has 0 spiro atoms. The van der Waals surface area contributed by atoms with Crippen LogP contribution in [0.3, 0.4) is 0 Å². The molecule has 0 bridgehead atoms. The molecule has 0 radical (unpaired) electrons. The molecule has 3 aromatic heterocycles. The van der Waals surface area contributed by atoms with Crippen LogP contribution in [0, 0.1) is 11.3 Å². The fourth-order valence-corrected chi connectivity index (χ4v) is 5.05. The number of fused-ring (bicyclic) bond motifs is 7. The maximum Gasteiger partial charge on any atom is 0.141 e. The van der Waals surface area contributed by atoms with Gasteiger partial charge >= 0.3 is 0 Å². The number of benzene rings is 4. The highest BCUT2D eigenvalue weighted by atomic mass is 16.3. The van der Waals surface area contributed by atoms with Gasteiger partial charge in [-0.25, -0.2) is 4.98 Å². The van der Waals surface area contributed by atoms with E-state index in [1.807, 2.05) is 24.3 Å². The monoisotopic (exact) mass is 435 g/mol. The number of nitriles is 1. The molecule has 158 valence electrons. The molecule has 7 aromatic rings. The lowest BCUT2D eigenvalue weighted by atomic mass is 10.1. The van der Waals surface area contributed by atoms with Crippen LogP contribution < -0.4 is 0 Å². The molecule has 0 amide bonds. The van der Waals surface area contributed by atoms with Gasteiger partial charge in [-0.1, -0.05) is 48.5 Å². The van der Waals surface area contributed by atoms with Gasteiger partial charge in [0, 0.05) is 33.4 Å². The summed E-state index contributed by atoms with van der Waals surface area (Å²) >= 11 is 0. The van der Waals surface area contributed by atoms with Gasteiger partial charge in [0.25, 0.3) is 0 Å². The summed E-state index contributed by atoms with van der Waals surface area (Å²) in [6, 6.07) is 35.3. The zero-order valence-electron chi connectivity index (χ0n) is 18.1. The van der Waals surface area contributed by atoms with Gasteiger partial charge in [0.2, 0.25) is 0 Å². The Kier molecular flexibility index (Phi) is 3.88. The van der Waals surface area contributed by atoms with Crippen LogP contribution in [-0.4, -0.2) is 9.55 Å². The minimum atomic E-state index is 0.411. The summed E-state index contributed by atoms with van der Waals surface area (Å²) < 4.78 is 8.49. The molecule has 0 N–H and O–H groups in total. The predicted molar refractivity (Wildman–Crippen MR) is 136 cm³/mol. The highest BCUT2D eigenvalue weighted by Gasteiger charge is 2.18. The van der Waals surface area contributed by atoms with Gasteiger partial charge < -0.3 is 8.98 Å². The summed E-state index contributed by atoms with van der Waals surface area (Å²) in [5, 5.41) is 13.9. The van der Waals surface area contributed by atoms with E-state index in [2.05, 4.69) is 88.4 Å². The molecule has 0 aliphatic carbocycles.